The zero-order valence-corrected chi connectivity index (χ0v) is 12.9. The Bertz CT molecular complexity index is 552. The second kappa shape index (κ2) is 8.25. The number of guanidine groups is 2. The Balaban J connectivity index is 2.42. The summed E-state index contributed by atoms with van der Waals surface area (Å²) in [5.74, 6) is 0.803. The van der Waals surface area contributed by atoms with Gasteiger partial charge < -0.3 is 26.2 Å². The third kappa shape index (κ3) is 6.25. The summed E-state index contributed by atoms with van der Waals surface area (Å²) in [6.45, 7) is 0.395. The molecule has 1 aromatic heterocycles. The first-order valence-corrected chi connectivity index (χ1v) is 7.90. The highest BCUT2D eigenvalue weighted by molar-refractivity contribution is 7.90. The number of rotatable bonds is 6. The Labute approximate surface area is 128 Å². The Morgan fingerprint density at radius 2 is 2.38 bits per heavy atom. The van der Waals surface area contributed by atoms with Gasteiger partial charge in [0.05, 0.1) is 6.54 Å². The van der Waals surface area contributed by atoms with Gasteiger partial charge in [0.25, 0.3) is 0 Å². The van der Waals surface area contributed by atoms with Gasteiger partial charge >= 0.3 is 0 Å². The molecule has 1 rings (SSSR count). The Morgan fingerprint density at radius 3 is 3.00 bits per heavy atom. The van der Waals surface area contributed by atoms with Crippen molar-refractivity contribution in [2.75, 3.05) is 24.7 Å². The number of aliphatic imine (C=N–C) groups is 1. The topological polar surface area (TPSA) is 176 Å². The van der Waals surface area contributed by atoms with Crippen molar-refractivity contribution in [3.63, 3.8) is 0 Å². The van der Waals surface area contributed by atoms with Crippen molar-refractivity contribution in [3.05, 3.63) is 5.82 Å². The lowest BCUT2D eigenvalue weighted by Gasteiger charge is -2.17. The van der Waals surface area contributed by atoms with Gasteiger partial charge in [0.15, 0.2) is 17.5 Å². The minimum atomic E-state index is -1.18. The first kappa shape index (κ1) is 17.0. The van der Waals surface area contributed by atoms with Crippen LogP contribution in [0.5, 0.6) is 0 Å². The Morgan fingerprint density at radius 1 is 1.67 bits per heavy atom. The third-order valence-corrected chi connectivity index (χ3v) is 4.10. The molecule has 1 heterocycles. The van der Waals surface area contributed by atoms with E-state index in [1.807, 2.05) is 0 Å². The maximum Gasteiger partial charge on any atom is 0.209 e. The molecular formula is C9H15N9OS2. The lowest BCUT2D eigenvalue weighted by molar-refractivity contribution is 0.519. The predicted molar refractivity (Wildman–Crippen MR) is 82.0 cm³/mol. The molecular weight excluding hydrogens is 314 g/mol. The molecule has 0 amide bonds. The fourth-order valence-electron chi connectivity index (χ4n) is 1.18. The van der Waals surface area contributed by atoms with Crippen molar-refractivity contribution in [3.8, 4) is 6.19 Å². The zero-order chi connectivity index (χ0) is 15.8. The first-order valence-electron chi connectivity index (χ1n) is 5.64. The van der Waals surface area contributed by atoms with Crippen molar-refractivity contribution >= 4 is 39.8 Å². The highest BCUT2D eigenvalue weighted by Crippen LogP contribution is 2.12. The SMILES string of the molecule is CN(CC[S+]([O-])Cc1nsc(NC(=N)N)n1)C(N)=NC#N. The smallest absolute Gasteiger partial charge is 0.209 e. The van der Waals surface area contributed by atoms with E-state index >= 15 is 0 Å². The van der Waals surface area contributed by atoms with Crippen LogP contribution in [0.15, 0.2) is 4.99 Å². The van der Waals surface area contributed by atoms with E-state index in [1.54, 1.807) is 18.1 Å². The van der Waals surface area contributed by atoms with Crippen LogP contribution >= 0.6 is 11.5 Å². The summed E-state index contributed by atoms with van der Waals surface area (Å²) in [5.41, 5.74) is 10.7. The number of nitrogens with zero attached hydrogens (tertiary/aromatic N) is 5. The molecule has 0 aliphatic carbocycles. The largest absolute Gasteiger partial charge is 0.616 e. The average Bonchev–Trinajstić information content (AvgIpc) is 2.82. The average molecular weight is 329 g/mol. The van der Waals surface area contributed by atoms with Crippen molar-refractivity contribution in [1.82, 2.24) is 14.3 Å². The van der Waals surface area contributed by atoms with Crippen molar-refractivity contribution in [1.29, 1.82) is 10.7 Å². The summed E-state index contributed by atoms with van der Waals surface area (Å²) < 4.78 is 15.9. The summed E-state index contributed by atoms with van der Waals surface area (Å²) in [4.78, 5) is 8.98. The normalized spacial score (nSPS) is 12.5. The molecule has 0 spiro atoms. The van der Waals surface area contributed by atoms with Crippen molar-refractivity contribution in [2.24, 2.45) is 16.5 Å². The van der Waals surface area contributed by atoms with E-state index in [2.05, 4.69) is 19.7 Å². The van der Waals surface area contributed by atoms with Crippen molar-refractivity contribution in [2.45, 2.75) is 5.75 Å². The fraction of sp³-hybridized carbons (Fsp3) is 0.444. The van der Waals surface area contributed by atoms with Gasteiger partial charge in [0.2, 0.25) is 17.3 Å². The quantitative estimate of drug-likeness (QED) is 0.218. The molecule has 0 saturated heterocycles. The maximum absolute atomic E-state index is 11.9. The lowest BCUT2D eigenvalue weighted by atomic mass is 10.6. The van der Waals surface area contributed by atoms with Crippen LogP contribution in [-0.4, -0.2) is 50.1 Å². The van der Waals surface area contributed by atoms with E-state index in [4.69, 9.17) is 22.1 Å². The maximum atomic E-state index is 11.9. The first-order chi connectivity index (χ1) is 9.92. The van der Waals surface area contributed by atoms with E-state index in [1.165, 1.54) is 0 Å². The van der Waals surface area contributed by atoms with Gasteiger partial charge in [-0.05, 0) is 11.2 Å². The summed E-state index contributed by atoms with van der Waals surface area (Å²) >= 11 is -0.135. The zero-order valence-electron chi connectivity index (χ0n) is 11.2. The van der Waals surface area contributed by atoms with E-state index in [-0.39, 0.29) is 17.7 Å². The second-order valence-electron chi connectivity index (χ2n) is 3.83. The summed E-state index contributed by atoms with van der Waals surface area (Å²) in [6, 6.07) is 0. The monoisotopic (exact) mass is 329 g/mol. The van der Waals surface area contributed by atoms with Crippen molar-refractivity contribution < 1.29 is 4.55 Å². The predicted octanol–water partition coefficient (Wildman–Crippen LogP) is -1.18. The summed E-state index contributed by atoms with van der Waals surface area (Å²) in [7, 11) is 1.66. The van der Waals surface area contributed by atoms with Crippen LogP contribution < -0.4 is 16.8 Å². The molecule has 0 fully saturated rings. The summed E-state index contributed by atoms with van der Waals surface area (Å²) in [5, 5.41) is 18.3. The second-order valence-corrected chi connectivity index (χ2v) is 6.16. The molecule has 0 aliphatic rings. The van der Waals surface area contributed by atoms with Gasteiger partial charge in [-0.2, -0.15) is 14.6 Å². The van der Waals surface area contributed by atoms with Gasteiger partial charge in [-0.1, -0.05) is 0 Å². The summed E-state index contributed by atoms with van der Waals surface area (Å²) in [6.07, 6.45) is 1.59. The number of hydrogen-bond acceptors (Lipinski definition) is 7. The van der Waals surface area contributed by atoms with Crippen LogP contribution in [0.1, 0.15) is 5.82 Å². The fourth-order valence-corrected chi connectivity index (χ4v) is 2.90. The van der Waals surface area contributed by atoms with Gasteiger partial charge in [0.1, 0.15) is 5.75 Å². The number of nitrogens with two attached hydrogens (primary N) is 2. The van der Waals surface area contributed by atoms with E-state index in [0.29, 0.717) is 23.3 Å². The van der Waals surface area contributed by atoms with E-state index < -0.39 is 11.2 Å². The minimum absolute atomic E-state index is 0.0780. The molecule has 1 aromatic rings. The number of hydrogen-bond donors (Lipinski definition) is 4. The number of aromatic nitrogens is 2. The molecule has 0 bridgehead atoms. The van der Waals surface area contributed by atoms with Crippen LogP contribution in [0.2, 0.25) is 0 Å². The molecule has 12 heteroatoms. The van der Waals surface area contributed by atoms with Gasteiger partial charge in [-0.3, -0.25) is 5.41 Å². The molecule has 0 radical (unpaired) electrons. The van der Waals surface area contributed by atoms with E-state index in [9.17, 15) is 4.55 Å². The number of anilines is 1. The van der Waals surface area contributed by atoms with Crippen LogP contribution in [0.4, 0.5) is 5.13 Å². The van der Waals surface area contributed by atoms with Gasteiger partial charge in [-0.15, -0.1) is 4.99 Å². The molecule has 6 N–H and O–H groups in total. The van der Waals surface area contributed by atoms with E-state index in [0.717, 1.165) is 11.5 Å². The molecule has 1 atom stereocenters. The highest BCUT2D eigenvalue weighted by atomic mass is 32.2. The van der Waals surface area contributed by atoms with Gasteiger partial charge in [0, 0.05) is 18.6 Å². The highest BCUT2D eigenvalue weighted by Gasteiger charge is 2.14. The molecule has 0 aromatic carbocycles. The Hall–Kier alpha value is -2.10. The lowest BCUT2D eigenvalue weighted by Crippen LogP contribution is -2.37. The molecule has 10 nitrogen and oxygen atoms in total. The molecule has 21 heavy (non-hydrogen) atoms. The Kier molecular flexibility index (Phi) is 6.66. The molecule has 114 valence electrons. The third-order valence-electron chi connectivity index (χ3n) is 2.21. The molecule has 0 aliphatic heterocycles. The van der Waals surface area contributed by atoms with Gasteiger partial charge in [-0.25, -0.2) is 0 Å². The van der Waals surface area contributed by atoms with Crippen LogP contribution in [0.3, 0.4) is 0 Å². The van der Waals surface area contributed by atoms with Crippen LogP contribution in [0.25, 0.3) is 0 Å². The minimum Gasteiger partial charge on any atom is -0.616 e. The van der Waals surface area contributed by atoms with Crippen LogP contribution in [0, 0.1) is 16.9 Å². The van der Waals surface area contributed by atoms with Crippen LogP contribution in [-0.2, 0) is 16.9 Å². The number of nitrogens with one attached hydrogen (secondary N) is 2. The number of nitriles is 1. The molecule has 1 unspecified atom stereocenters. The standard InChI is InChI=1S/C9H15N9OS2/c1-18(8(13)14-5-10)2-3-21(19)4-6-15-9(20-17-6)16-7(11)12/h2-4H2,1H3,(H2,13,14)(H4,11,12,15,16,17). The molecule has 0 saturated carbocycles.